The quantitative estimate of drug-likeness (QED) is 0.651. The molecule has 1 atom stereocenters. The van der Waals surface area contributed by atoms with Crippen molar-refractivity contribution in [3.8, 4) is 5.75 Å². The zero-order chi connectivity index (χ0) is 24.3. The highest BCUT2D eigenvalue weighted by Gasteiger charge is 2.38. The molecule has 8 nitrogen and oxygen atoms in total. The van der Waals surface area contributed by atoms with Crippen LogP contribution < -0.4 is 15.0 Å². The summed E-state index contributed by atoms with van der Waals surface area (Å²) in [6, 6.07) is 11.5. The Morgan fingerprint density at radius 1 is 1.09 bits per heavy atom. The Hall–Kier alpha value is -2.91. The maximum absolute atomic E-state index is 13.1. The van der Waals surface area contributed by atoms with E-state index in [1.54, 1.807) is 12.1 Å². The Labute approximate surface area is 200 Å². The van der Waals surface area contributed by atoms with Gasteiger partial charge in [-0.05, 0) is 49.6 Å². The number of nitrogens with zero attached hydrogens (tertiary/aromatic N) is 2. The fourth-order valence-electron chi connectivity index (χ4n) is 4.69. The lowest BCUT2D eigenvalue weighted by molar-refractivity contribution is -0.125. The second kappa shape index (κ2) is 10.1. The van der Waals surface area contributed by atoms with Crippen LogP contribution in [0.1, 0.15) is 44.2 Å². The number of rotatable bonds is 7. The summed E-state index contributed by atoms with van der Waals surface area (Å²) in [6.45, 7) is 5.14. The van der Waals surface area contributed by atoms with Crippen molar-refractivity contribution in [1.29, 1.82) is 0 Å². The zero-order valence-corrected chi connectivity index (χ0v) is 20.4. The monoisotopic (exact) mass is 485 g/mol. The van der Waals surface area contributed by atoms with Gasteiger partial charge in [0.15, 0.2) is 0 Å². The average molecular weight is 486 g/mol. The average Bonchev–Trinajstić information content (AvgIpc) is 3.23. The number of carbonyl (C=O) groups is 2. The molecule has 0 radical (unpaired) electrons. The topological polar surface area (TPSA) is 96.0 Å². The summed E-state index contributed by atoms with van der Waals surface area (Å²) in [6.07, 6.45) is 3.01. The van der Waals surface area contributed by atoms with Crippen molar-refractivity contribution in [2.75, 3.05) is 24.6 Å². The molecule has 0 spiro atoms. The number of hydrogen-bond acceptors (Lipinski definition) is 5. The molecule has 2 aromatic carbocycles. The predicted molar refractivity (Wildman–Crippen MR) is 129 cm³/mol. The van der Waals surface area contributed by atoms with Gasteiger partial charge in [0.2, 0.25) is 21.8 Å². The summed E-state index contributed by atoms with van der Waals surface area (Å²) in [7, 11) is -3.60. The molecule has 0 aromatic heterocycles. The molecule has 2 amide bonds. The lowest BCUT2D eigenvalue weighted by atomic mass is 10.1. The molecule has 2 heterocycles. The van der Waals surface area contributed by atoms with Gasteiger partial charge in [-0.2, -0.15) is 4.31 Å². The van der Waals surface area contributed by atoms with Gasteiger partial charge < -0.3 is 10.1 Å². The molecule has 0 bridgehead atoms. The molecular weight excluding hydrogens is 454 g/mol. The molecule has 0 aliphatic carbocycles. The van der Waals surface area contributed by atoms with Crippen molar-refractivity contribution in [3.63, 3.8) is 0 Å². The highest BCUT2D eigenvalue weighted by Crippen LogP contribution is 2.35. The van der Waals surface area contributed by atoms with Crippen molar-refractivity contribution in [3.05, 3.63) is 53.6 Å². The van der Waals surface area contributed by atoms with Crippen molar-refractivity contribution in [1.82, 2.24) is 9.62 Å². The van der Waals surface area contributed by atoms with E-state index in [0.717, 1.165) is 24.8 Å². The second-order valence-electron chi connectivity index (χ2n) is 8.62. The molecule has 2 aliphatic rings. The zero-order valence-electron chi connectivity index (χ0n) is 19.6. The molecule has 1 saturated heterocycles. The van der Waals surface area contributed by atoms with Gasteiger partial charge in [-0.25, -0.2) is 8.42 Å². The van der Waals surface area contributed by atoms with Crippen molar-refractivity contribution >= 4 is 27.5 Å². The third-order valence-corrected chi connectivity index (χ3v) is 8.25. The highest BCUT2D eigenvalue weighted by molar-refractivity contribution is 7.89. The minimum absolute atomic E-state index is 0.211. The molecule has 1 fully saturated rings. The Kier molecular flexibility index (Phi) is 7.23. The molecule has 182 valence electrons. The van der Waals surface area contributed by atoms with E-state index >= 15 is 0 Å². The van der Waals surface area contributed by atoms with E-state index < -0.39 is 16.1 Å². The van der Waals surface area contributed by atoms with Gasteiger partial charge in [-0.3, -0.25) is 14.5 Å². The second-order valence-corrected chi connectivity index (χ2v) is 10.6. The number of carbonyl (C=O) groups excluding carboxylic acids is 2. The van der Waals surface area contributed by atoms with Crippen LogP contribution in [-0.2, 0) is 32.6 Å². The Balaban J connectivity index is 1.53. The van der Waals surface area contributed by atoms with Gasteiger partial charge in [0.1, 0.15) is 11.8 Å². The number of benzene rings is 2. The highest BCUT2D eigenvalue weighted by atomic mass is 32.2. The number of amides is 2. The fourth-order valence-corrected chi connectivity index (χ4v) is 6.26. The summed E-state index contributed by atoms with van der Waals surface area (Å²) in [5, 5.41) is 2.92. The largest absolute Gasteiger partial charge is 0.494 e. The van der Waals surface area contributed by atoms with E-state index in [0.29, 0.717) is 36.7 Å². The van der Waals surface area contributed by atoms with Gasteiger partial charge >= 0.3 is 0 Å². The van der Waals surface area contributed by atoms with Crippen LogP contribution >= 0.6 is 0 Å². The maximum Gasteiger partial charge on any atom is 0.243 e. The van der Waals surface area contributed by atoms with E-state index in [1.807, 2.05) is 31.2 Å². The number of piperidine rings is 1. The smallest absolute Gasteiger partial charge is 0.243 e. The molecule has 4 rings (SSSR count). The minimum Gasteiger partial charge on any atom is -0.494 e. The molecule has 9 heteroatoms. The third kappa shape index (κ3) is 4.81. The predicted octanol–water partition coefficient (Wildman–Crippen LogP) is 2.85. The first kappa shape index (κ1) is 24.2. The van der Waals surface area contributed by atoms with Crippen LogP contribution in [0.25, 0.3) is 0 Å². The fraction of sp³-hybridized carbons (Fsp3) is 0.440. The molecule has 0 unspecified atom stereocenters. The standard InChI is InChI=1S/C25H31N3O5S/c1-3-33-24-10-6-5-9-19(24)17-26-25(30)23-16-20-15-21(11-12-22(20)28(23)18(2)29)34(31,32)27-13-7-4-8-14-27/h5-6,9-12,15,23H,3-4,7-8,13-14,16-17H2,1-2H3,(H,26,30)/t23-/m0/s1. The Morgan fingerprint density at radius 2 is 1.82 bits per heavy atom. The summed E-state index contributed by atoms with van der Waals surface area (Å²) >= 11 is 0. The number of hydrogen-bond donors (Lipinski definition) is 1. The summed E-state index contributed by atoms with van der Waals surface area (Å²) in [5.74, 6) is 0.148. The SMILES string of the molecule is CCOc1ccccc1CNC(=O)[C@@H]1Cc2cc(S(=O)(=O)N3CCCCC3)ccc2N1C(C)=O. The van der Waals surface area contributed by atoms with E-state index in [4.69, 9.17) is 4.74 Å². The molecule has 1 N–H and O–H groups in total. The summed E-state index contributed by atoms with van der Waals surface area (Å²) in [4.78, 5) is 27.3. The van der Waals surface area contributed by atoms with Crippen LogP contribution in [0.4, 0.5) is 5.69 Å². The number of sulfonamides is 1. The van der Waals surface area contributed by atoms with Crippen molar-refractivity contribution in [2.24, 2.45) is 0 Å². The lowest BCUT2D eigenvalue weighted by Gasteiger charge is -2.26. The van der Waals surface area contributed by atoms with Crippen LogP contribution in [0.2, 0.25) is 0 Å². The summed E-state index contributed by atoms with van der Waals surface area (Å²) in [5.41, 5.74) is 2.11. The van der Waals surface area contributed by atoms with Crippen LogP contribution in [-0.4, -0.2) is 50.3 Å². The maximum atomic E-state index is 13.1. The third-order valence-electron chi connectivity index (χ3n) is 6.36. The van der Waals surface area contributed by atoms with Crippen molar-refractivity contribution in [2.45, 2.75) is 57.0 Å². The minimum atomic E-state index is -3.60. The van der Waals surface area contributed by atoms with E-state index in [-0.39, 0.29) is 29.7 Å². The first-order chi connectivity index (χ1) is 16.3. The first-order valence-electron chi connectivity index (χ1n) is 11.7. The van der Waals surface area contributed by atoms with Crippen LogP contribution in [0.3, 0.4) is 0 Å². The number of fused-ring (bicyclic) bond motifs is 1. The lowest BCUT2D eigenvalue weighted by Crippen LogP contribution is -2.47. The van der Waals surface area contributed by atoms with Gasteiger partial charge in [0, 0.05) is 44.2 Å². The van der Waals surface area contributed by atoms with Gasteiger partial charge in [0.25, 0.3) is 0 Å². The van der Waals surface area contributed by atoms with Gasteiger partial charge in [-0.15, -0.1) is 0 Å². The number of anilines is 1. The summed E-state index contributed by atoms with van der Waals surface area (Å²) < 4.78 is 33.4. The van der Waals surface area contributed by atoms with Crippen LogP contribution in [0, 0.1) is 0 Å². The van der Waals surface area contributed by atoms with E-state index in [1.165, 1.54) is 22.2 Å². The number of ether oxygens (including phenoxy) is 1. The molecular formula is C25H31N3O5S. The van der Waals surface area contributed by atoms with Crippen molar-refractivity contribution < 1.29 is 22.7 Å². The Bertz CT molecular complexity index is 1170. The number of nitrogens with one attached hydrogen (secondary N) is 1. The first-order valence-corrected chi connectivity index (χ1v) is 13.2. The van der Waals surface area contributed by atoms with Gasteiger partial charge in [-0.1, -0.05) is 24.6 Å². The van der Waals surface area contributed by atoms with Crippen LogP contribution in [0.5, 0.6) is 5.75 Å². The Morgan fingerprint density at radius 3 is 2.53 bits per heavy atom. The van der Waals surface area contributed by atoms with E-state index in [2.05, 4.69) is 5.32 Å². The molecule has 34 heavy (non-hydrogen) atoms. The number of para-hydroxylation sites is 1. The molecule has 2 aliphatic heterocycles. The molecule has 0 saturated carbocycles. The van der Waals surface area contributed by atoms with E-state index in [9.17, 15) is 18.0 Å². The normalized spacial score (nSPS) is 18.4. The van der Waals surface area contributed by atoms with Gasteiger partial charge in [0.05, 0.1) is 11.5 Å². The van der Waals surface area contributed by atoms with Crippen LogP contribution in [0.15, 0.2) is 47.4 Å². The molecule has 2 aromatic rings.